The molecule has 1 aliphatic carbocycles. The molecule has 6 rings (SSSR count). The molecule has 0 saturated heterocycles. The fourth-order valence-corrected chi connectivity index (χ4v) is 5.69. The van der Waals surface area contributed by atoms with E-state index in [1.165, 1.54) is 82.4 Å². The first-order valence-electron chi connectivity index (χ1n) is 11.8. The molecule has 3 heteroatoms. The van der Waals surface area contributed by atoms with Gasteiger partial charge in [0.2, 0.25) is 0 Å². The standard InChI is InChI=1S/C20H17.C13H10.2ClH.Zr/c1-13-6-5-9-16-12-18-17(20(13)16)11-10-14(2)19(18)15-7-3-4-8-15;1-3-7-12(8-4-1)11-13-9-5-2-6-10-13;;;/h3-7,9-12H,8H2,1-2H3;1-10H;2*1H;/q-1;;;;+2/p-2. The van der Waals surface area contributed by atoms with E-state index in [-0.39, 0.29) is 24.8 Å². The molecule has 5 aromatic rings. The van der Waals surface area contributed by atoms with Crippen molar-refractivity contribution in [3.8, 4) is 0 Å². The molecule has 0 nitrogen and oxygen atoms in total. The second-order valence-electron chi connectivity index (χ2n) is 8.83. The van der Waals surface area contributed by atoms with Gasteiger partial charge in [0.15, 0.2) is 0 Å². The van der Waals surface area contributed by atoms with E-state index < -0.39 is 0 Å². The van der Waals surface area contributed by atoms with Crippen LogP contribution in [0.5, 0.6) is 0 Å². The molecule has 0 unspecified atom stereocenters. The van der Waals surface area contributed by atoms with Gasteiger partial charge >= 0.3 is 99.2 Å². The Morgan fingerprint density at radius 1 is 0.722 bits per heavy atom. The van der Waals surface area contributed by atoms with Crippen molar-refractivity contribution < 1.29 is 49.0 Å². The van der Waals surface area contributed by atoms with Crippen molar-refractivity contribution in [3.63, 3.8) is 0 Å². The van der Waals surface area contributed by atoms with Gasteiger partial charge in [-0.15, -0.1) is 33.7 Å². The summed E-state index contributed by atoms with van der Waals surface area (Å²) in [6, 6.07) is 34.6. The topological polar surface area (TPSA) is 0 Å². The number of fused-ring (bicyclic) bond motifs is 3. The monoisotopic (exact) mass is 583 g/mol. The van der Waals surface area contributed by atoms with Gasteiger partial charge in [-0.25, -0.2) is 0 Å². The van der Waals surface area contributed by atoms with Crippen LogP contribution < -0.4 is 24.8 Å². The zero-order valence-corrected chi connectivity index (χ0v) is 24.4. The number of hydrogen-bond donors (Lipinski definition) is 0. The van der Waals surface area contributed by atoms with E-state index >= 15 is 0 Å². The average Bonchev–Trinajstić information content (AvgIpc) is 3.54. The van der Waals surface area contributed by atoms with Crippen molar-refractivity contribution in [1.29, 1.82) is 0 Å². The molecule has 0 aromatic heterocycles. The molecular weight excluding hydrogens is 558 g/mol. The molecular formula is C33H27Cl2Zr-. The number of allylic oxidation sites excluding steroid dienone is 4. The molecule has 0 amide bonds. The van der Waals surface area contributed by atoms with Crippen LogP contribution >= 0.6 is 0 Å². The normalized spacial score (nSPS) is 11.8. The van der Waals surface area contributed by atoms with E-state index in [2.05, 4.69) is 129 Å². The Hall–Kier alpha value is -2.44. The third-order valence-electron chi connectivity index (χ3n) is 6.55. The Balaban J connectivity index is 0.000000201. The Labute approximate surface area is 241 Å². The van der Waals surface area contributed by atoms with Gasteiger partial charge in [-0.05, 0) is 20.3 Å². The zero-order chi connectivity index (χ0) is 23.5. The average molecular weight is 586 g/mol. The van der Waals surface area contributed by atoms with Crippen LogP contribution in [0.4, 0.5) is 0 Å². The molecule has 0 bridgehead atoms. The van der Waals surface area contributed by atoms with Gasteiger partial charge in [0.05, 0.1) is 0 Å². The van der Waals surface area contributed by atoms with E-state index in [1.54, 1.807) is 0 Å². The Bertz CT molecular complexity index is 1500. The molecule has 0 atom stereocenters. The van der Waals surface area contributed by atoms with E-state index in [0.717, 1.165) is 6.42 Å². The number of halogens is 2. The Morgan fingerprint density at radius 3 is 1.94 bits per heavy atom. The van der Waals surface area contributed by atoms with E-state index in [9.17, 15) is 0 Å². The Kier molecular flexibility index (Phi) is 9.92. The second-order valence-corrected chi connectivity index (χ2v) is 10.1. The summed E-state index contributed by atoms with van der Waals surface area (Å²) in [7, 11) is 0. The maximum absolute atomic E-state index is 2.36. The van der Waals surface area contributed by atoms with Crippen LogP contribution in [0.15, 0.2) is 115 Å². The molecule has 0 heterocycles. The number of benzene rings is 4. The van der Waals surface area contributed by atoms with Gasteiger partial charge in [0.25, 0.3) is 0 Å². The molecule has 0 N–H and O–H groups in total. The molecule has 0 aliphatic heterocycles. The van der Waals surface area contributed by atoms with Gasteiger partial charge in [-0.2, -0.15) is 0 Å². The van der Waals surface area contributed by atoms with Crippen LogP contribution in [0, 0.1) is 13.8 Å². The summed E-state index contributed by atoms with van der Waals surface area (Å²) >= 11 is 1.46. The SMILES string of the molecule is Cc1ccc2c([cH-]c3cccc(C)c32)c1C1=CC=CC1.[Cl-].[Cl-].[Zr+2]=[C](c1ccccc1)c1ccccc1. The van der Waals surface area contributed by atoms with Crippen LogP contribution in [0.25, 0.3) is 27.1 Å². The first-order valence-corrected chi connectivity index (χ1v) is 13.0. The quantitative estimate of drug-likeness (QED) is 0.286. The van der Waals surface area contributed by atoms with Crippen LogP contribution in [0.3, 0.4) is 0 Å². The van der Waals surface area contributed by atoms with Gasteiger partial charge in [0.1, 0.15) is 0 Å². The fourth-order valence-electron chi connectivity index (χ4n) is 4.87. The fraction of sp³-hybridized carbons (Fsp3) is 0.0909. The predicted molar refractivity (Wildman–Crippen MR) is 144 cm³/mol. The summed E-state index contributed by atoms with van der Waals surface area (Å²) in [5, 5.41) is 5.57. The summed E-state index contributed by atoms with van der Waals surface area (Å²) in [4.78, 5) is 0. The molecule has 5 aromatic carbocycles. The van der Waals surface area contributed by atoms with Crippen LogP contribution in [-0.4, -0.2) is 3.21 Å². The molecule has 0 fully saturated rings. The van der Waals surface area contributed by atoms with Crippen molar-refractivity contribution in [2.75, 3.05) is 0 Å². The summed E-state index contributed by atoms with van der Waals surface area (Å²) < 4.78 is 1.42. The first-order chi connectivity index (χ1) is 16.6. The third-order valence-corrected chi connectivity index (χ3v) is 7.96. The molecule has 36 heavy (non-hydrogen) atoms. The van der Waals surface area contributed by atoms with Gasteiger partial charge in [-0.3, -0.25) is 0 Å². The van der Waals surface area contributed by atoms with Crippen LogP contribution in [-0.2, 0) is 24.2 Å². The number of aryl methyl sites for hydroxylation is 2. The van der Waals surface area contributed by atoms with Crippen molar-refractivity contribution >= 4 is 30.3 Å². The van der Waals surface area contributed by atoms with Gasteiger partial charge in [-0.1, -0.05) is 64.8 Å². The van der Waals surface area contributed by atoms with E-state index in [4.69, 9.17) is 0 Å². The second kappa shape index (κ2) is 12.7. The molecule has 0 spiro atoms. The van der Waals surface area contributed by atoms with E-state index in [1.807, 2.05) is 0 Å². The molecule has 178 valence electrons. The minimum absolute atomic E-state index is 0. The van der Waals surface area contributed by atoms with Crippen molar-refractivity contribution in [2.45, 2.75) is 20.3 Å². The first kappa shape index (κ1) is 28.1. The molecule has 0 radical (unpaired) electrons. The summed E-state index contributed by atoms with van der Waals surface area (Å²) in [6.45, 7) is 4.43. The summed E-state index contributed by atoms with van der Waals surface area (Å²) in [6.07, 6.45) is 7.72. The van der Waals surface area contributed by atoms with Crippen molar-refractivity contribution in [2.24, 2.45) is 0 Å². The third kappa shape index (κ3) is 5.76. The molecule has 1 aliphatic rings. The Morgan fingerprint density at radius 2 is 1.36 bits per heavy atom. The summed E-state index contributed by atoms with van der Waals surface area (Å²) in [5.74, 6) is 0. The van der Waals surface area contributed by atoms with Crippen LogP contribution in [0.2, 0.25) is 0 Å². The van der Waals surface area contributed by atoms with Gasteiger partial charge < -0.3 is 24.8 Å². The van der Waals surface area contributed by atoms with E-state index in [0.29, 0.717) is 0 Å². The maximum atomic E-state index is 2.36. The van der Waals surface area contributed by atoms with Crippen molar-refractivity contribution in [1.82, 2.24) is 0 Å². The predicted octanol–water partition coefficient (Wildman–Crippen LogP) is 2.48. The number of rotatable bonds is 3. The van der Waals surface area contributed by atoms with Crippen molar-refractivity contribution in [3.05, 3.63) is 143 Å². The molecule has 0 saturated carbocycles. The number of hydrogen-bond acceptors (Lipinski definition) is 0. The van der Waals surface area contributed by atoms with Crippen LogP contribution in [0.1, 0.15) is 34.2 Å². The minimum atomic E-state index is 0. The summed E-state index contributed by atoms with van der Waals surface area (Å²) in [5.41, 5.74) is 8.28. The zero-order valence-electron chi connectivity index (χ0n) is 20.4. The van der Waals surface area contributed by atoms with Gasteiger partial charge in [0, 0.05) is 0 Å².